The molecule has 0 spiro atoms. The lowest BCUT2D eigenvalue weighted by molar-refractivity contribution is -0.128. The Labute approximate surface area is 169 Å². The second-order valence-corrected chi connectivity index (χ2v) is 8.59. The number of H-pyrrole nitrogens is 1. The van der Waals surface area contributed by atoms with Gasteiger partial charge in [0.2, 0.25) is 5.91 Å². The van der Waals surface area contributed by atoms with Crippen LogP contribution in [0.15, 0.2) is 24.5 Å². The van der Waals surface area contributed by atoms with E-state index < -0.39 is 0 Å². The van der Waals surface area contributed by atoms with Crippen LogP contribution in [-0.4, -0.2) is 40.8 Å². The molecular weight excluding hydrogens is 376 g/mol. The van der Waals surface area contributed by atoms with Crippen LogP contribution >= 0.6 is 11.3 Å². The predicted molar refractivity (Wildman–Crippen MR) is 108 cm³/mol. The fraction of sp³-hybridized carbons (Fsp3) is 0.550. The van der Waals surface area contributed by atoms with Gasteiger partial charge in [0, 0.05) is 28.5 Å². The third-order valence-electron chi connectivity index (χ3n) is 5.01. The minimum atomic E-state index is -0.167. The van der Waals surface area contributed by atoms with E-state index >= 15 is 0 Å². The van der Waals surface area contributed by atoms with Crippen molar-refractivity contribution in [3.8, 4) is 0 Å². The number of hydrogen-bond acceptors (Lipinski definition) is 5. The highest BCUT2D eigenvalue weighted by Crippen LogP contribution is 2.28. The molecule has 3 N–H and O–H groups in total. The maximum absolute atomic E-state index is 12.7. The highest BCUT2D eigenvalue weighted by molar-refractivity contribution is 7.11. The maximum Gasteiger partial charge on any atom is 0.254 e. The van der Waals surface area contributed by atoms with E-state index in [4.69, 9.17) is 4.74 Å². The second-order valence-electron chi connectivity index (χ2n) is 7.22. The Bertz CT molecular complexity index is 774. The van der Waals surface area contributed by atoms with Crippen molar-refractivity contribution in [2.75, 3.05) is 6.61 Å². The number of nitrogens with zero attached hydrogens (tertiary/aromatic N) is 1. The molecule has 0 aliphatic heterocycles. The summed E-state index contributed by atoms with van der Waals surface area (Å²) in [5, 5.41) is 12.6. The molecule has 2 aromatic heterocycles. The largest absolute Gasteiger partial charge is 0.376 e. The first-order chi connectivity index (χ1) is 13.6. The van der Waals surface area contributed by atoms with E-state index in [-0.39, 0.29) is 29.9 Å². The van der Waals surface area contributed by atoms with Gasteiger partial charge in [0.15, 0.2) is 0 Å². The van der Waals surface area contributed by atoms with Crippen LogP contribution in [0.4, 0.5) is 0 Å². The molecule has 2 heterocycles. The quantitative estimate of drug-likeness (QED) is 0.630. The minimum absolute atomic E-state index is 0.0655. The number of aromatic nitrogens is 2. The number of thiophene rings is 1. The zero-order chi connectivity index (χ0) is 19.9. The molecule has 0 aromatic carbocycles. The van der Waals surface area contributed by atoms with E-state index in [0.717, 1.165) is 17.7 Å². The minimum Gasteiger partial charge on any atom is -0.376 e. The molecule has 3 atom stereocenters. The van der Waals surface area contributed by atoms with E-state index in [9.17, 15) is 9.59 Å². The molecule has 0 radical (unpaired) electrons. The molecule has 2 amide bonds. The average molecular weight is 405 g/mol. The topological polar surface area (TPSA) is 96.1 Å². The molecule has 2 aromatic rings. The van der Waals surface area contributed by atoms with Gasteiger partial charge in [0.25, 0.3) is 5.91 Å². The summed E-state index contributed by atoms with van der Waals surface area (Å²) < 4.78 is 5.99. The molecule has 0 bridgehead atoms. The summed E-state index contributed by atoms with van der Waals surface area (Å²) in [7, 11) is 0. The summed E-state index contributed by atoms with van der Waals surface area (Å²) in [6.07, 6.45) is 5.88. The van der Waals surface area contributed by atoms with Crippen molar-refractivity contribution in [3.05, 3.63) is 39.8 Å². The second kappa shape index (κ2) is 9.84. The van der Waals surface area contributed by atoms with E-state index in [1.165, 1.54) is 11.1 Å². The summed E-state index contributed by atoms with van der Waals surface area (Å²) in [6.45, 7) is 5.29. The molecule has 1 fully saturated rings. The molecule has 0 saturated heterocycles. The van der Waals surface area contributed by atoms with Crippen molar-refractivity contribution in [1.29, 1.82) is 0 Å². The highest BCUT2D eigenvalue weighted by atomic mass is 32.1. The highest BCUT2D eigenvalue weighted by Gasteiger charge is 2.35. The first-order valence-corrected chi connectivity index (χ1v) is 10.6. The third-order valence-corrected chi connectivity index (χ3v) is 6.01. The first-order valence-electron chi connectivity index (χ1n) is 9.81. The van der Waals surface area contributed by atoms with Crippen LogP contribution in [0.5, 0.6) is 0 Å². The lowest BCUT2D eigenvalue weighted by Crippen LogP contribution is -2.50. The Morgan fingerprint density at radius 1 is 1.36 bits per heavy atom. The number of aromatic amines is 1. The van der Waals surface area contributed by atoms with Crippen LogP contribution in [0.2, 0.25) is 0 Å². The van der Waals surface area contributed by atoms with Crippen molar-refractivity contribution in [1.82, 2.24) is 20.8 Å². The predicted octanol–water partition coefficient (Wildman–Crippen LogP) is 2.79. The standard InChI is InChI=1S/C20H28N4O3S/c1-3-8-27-18-9-14(19(25)21-12-16-6-4-13(2)28-16)5-7-17(18)24-20(26)15-10-22-23-11-15/h4,6,10-11,14,17-18H,3,5,7-9,12H2,1-2H3,(H,21,25)(H,22,23)(H,24,26). The van der Waals surface area contributed by atoms with Crippen molar-refractivity contribution < 1.29 is 14.3 Å². The molecule has 3 unspecified atom stereocenters. The fourth-order valence-electron chi connectivity index (χ4n) is 3.51. The van der Waals surface area contributed by atoms with E-state index in [2.05, 4.69) is 46.8 Å². The van der Waals surface area contributed by atoms with Gasteiger partial charge in [-0.25, -0.2) is 0 Å². The Balaban J connectivity index is 1.56. The van der Waals surface area contributed by atoms with Crippen molar-refractivity contribution in [2.45, 2.75) is 58.2 Å². The van der Waals surface area contributed by atoms with E-state index in [1.807, 2.05) is 0 Å². The van der Waals surface area contributed by atoms with Crippen LogP contribution in [-0.2, 0) is 16.1 Å². The number of carbonyl (C=O) groups is 2. The smallest absolute Gasteiger partial charge is 0.254 e. The zero-order valence-corrected chi connectivity index (χ0v) is 17.2. The van der Waals surface area contributed by atoms with Crippen LogP contribution in [0, 0.1) is 12.8 Å². The molecule has 1 aliphatic carbocycles. The van der Waals surface area contributed by atoms with Crippen LogP contribution in [0.25, 0.3) is 0 Å². The summed E-state index contributed by atoms with van der Waals surface area (Å²) in [5.41, 5.74) is 0.500. The van der Waals surface area contributed by atoms with E-state index in [1.54, 1.807) is 17.5 Å². The van der Waals surface area contributed by atoms with Gasteiger partial charge >= 0.3 is 0 Å². The van der Waals surface area contributed by atoms with Crippen LogP contribution in [0.1, 0.15) is 52.7 Å². The molecule has 7 nitrogen and oxygen atoms in total. The molecular formula is C20H28N4O3S. The van der Waals surface area contributed by atoms with Crippen molar-refractivity contribution in [3.63, 3.8) is 0 Å². The SMILES string of the molecule is CCCOC1CC(C(=O)NCc2ccc(C)s2)CCC1NC(=O)c1cn[nH]c1. The van der Waals surface area contributed by atoms with Crippen molar-refractivity contribution in [2.24, 2.45) is 5.92 Å². The Kier molecular flexibility index (Phi) is 7.22. The molecule has 3 rings (SSSR count). The lowest BCUT2D eigenvalue weighted by atomic mass is 9.83. The normalized spacial score (nSPS) is 22.0. The number of amides is 2. The monoisotopic (exact) mass is 404 g/mol. The zero-order valence-electron chi connectivity index (χ0n) is 16.4. The van der Waals surface area contributed by atoms with Crippen LogP contribution in [0.3, 0.4) is 0 Å². The Morgan fingerprint density at radius 2 is 2.21 bits per heavy atom. The maximum atomic E-state index is 12.7. The van der Waals surface area contributed by atoms with E-state index in [0.29, 0.717) is 31.6 Å². The van der Waals surface area contributed by atoms with Gasteiger partial charge in [-0.15, -0.1) is 11.3 Å². The molecule has 28 heavy (non-hydrogen) atoms. The lowest BCUT2D eigenvalue weighted by Gasteiger charge is -2.35. The number of nitrogens with one attached hydrogen (secondary N) is 3. The number of rotatable bonds is 8. The Hall–Kier alpha value is -2.19. The Morgan fingerprint density at radius 3 is 2.89 bits per heavy atom. The third kappa shape index (κ3) is 5.42. The summed E-state index contributed by atoms with van der Waals surface area (Å²) >= 11 is 1.70. The van der Waals surface area contributed by atoms with Gasteiger partial charge in [-0.05, 0) is 44.7 Å². The first kappa shape index (κ1) is 20.5. The average Bonchev–Trinajstić information content (AvgIpc) is 3.37. The van der Waals surface area contributed by atoms with Crippen molar-refractivity contribution >= 4 is 23.2 Å². The van der Waals surface area contributed by atoms with Gasteiger partial charge in [0.05, 0.1) is 30.5 Å². The van der Waals surface area contributed by atoms with Gasteiger partial charge in [-0.1, -0.05) is 6.92 Å². The molecule has 1 saturated carbocycles. The molecule has 152 valence electrons. The van der Waals surface area contributed by atoms with Crippen LogP contribution < -0.4 is 10.6 Å². The van der Waals surface area contributed by atoms with Gasteiger partial charge < -0.3 is 15.4 Å². The van der Waals surface area contributed by atoms with Gasteiger partial charge in [-0.3, -0.25) is 14.7 Å². The number of ether oxygens (including phenoxy) is 1. The number of aryl methyl sites for hydroxylation is 1. The molecule has 1 aliphatic rings. The number of carbonyl (C=O) groups excluding carboxylic acids is 2. The van der Waals surface area contributed by atoms with Gasteiger partial charge in [-0.2, -0.15) is 5.10 Å². The number of hydrogen-bond donors (Lipinski definition) is 3. The summed E-state index contributed by atoms with van der Waals surface area (Å²) in [6, 6.07) is 4.02. The summed E-state index contributed by atoms with van der Waals surface area (Å²) in [4.78, 5) is 27.4. The van der Waals surface area contributed by atoms with Gasteiger partial charge in [0.1, 0.15) is 0 Å². The summed E-state index contributed by atoms with van der Waals surface area (Å²) in [5.74, 6) is -0.194. The fourth-order valence-corrected chi connectivity index (χ4v) is 4.34. The molecule has 8 heteroatoms.